The van der Waals surface area contributed by atoms with Crippen molar-refractivity contribution in [3.05, 3.63) is 0 Å². The molecule has 0 saturated carbocycles. The summed E-state index contributed by atoms with van der Waals surface area (Å²) < 4.78 is 5.13. The first-order valence-corrected chi connectivity index (χ1v) is 4.69. The van der Waals surface area contributed by atoms with Gasteiger partial charge in [-0.05, 0) is 20.8 Å². The first-order chi connectivity index (χ1) is 6.83. The summed E-state index contributed by atoms with van der Waals surface area (Å²) in [7, 11) is 1.35. The van der Waals surface area contributed by atoms with Crippen LogP contribution in [-0.2, 0) is 19.2 Å². The van der Waals surface area contributed by atoms with Crippen molar-refractivity contribution in [3.8, 4) is 0 Å². The van der Waals surface area contributed by atoms with Gasteiger partial charge in [0.25, 0.3) is 5.91 Å². The molecule has 1 rings (SSSR count). The lowest BCUT2D eigenvalue weighted by Gasteiger charge is -2.22. The molecular weight excluding hydrogens is 200 g/mol. The smallest absolute Gasteiger partial charge is 0.326 e. The average Bonchev–Trinajstić information content (AvgIpc) is 2.43. The summed E-state index contributed by atoms with van der Waals surface area (Å²) in [5, 5.41) is 0.939. The molecule has 1 amide bonds. The van der Waals surface area contributed by atoms with E-state index in [1.807, 2.05) is 0 Å². The number of carbonyl (C=O) groups is 2. The van der Waals surface area contributed by atoms with Crippen LogP contribution in [0.5, 0.6) is 0 Å². The second-order valence-electron chi connectivity index (χ2n) is 4.29. The van der Waals surface area contributed by atoms with Gasteiger partial charge in [0.05, 0.1) is 13.5 Å². The largest absolute Gasteiger partial charge is 0.459 e. The molecular formula is C9H16N2O4. The highest BCUT2D eigenvalue weighted by Crippen LogP contribution is 2.14. The van der Waals surface area contributed by atoms with Crippen LogP contribution in [0.4, 0.5) is 0 Å². The lowest BCUT2D eigenvalue weighted by atomic mass is 10.2. The number of hydroxylamine groups is 1. The molecule has 1 aliphatic heterocycles. The summed E-state index contributed by atoms with van der Waals surface area (Å²) >= 11 is 0. The third-order valence-corrected chi connectivity index (χ3v) is 1.75. The van der Waals surface area contributed by atoms with Gasteiger partial charge in [0, 0.05) is 0 Å². The van der Waals surface area contributed by atoms with E-state index in [0.29, 0.717) is 0 Å². The predicted molar refractivity (Wildman–Crippen MR) is 51.2 cm³/mol. The molecule has 1 aliphatic rings. The van der Waals surface area contributed by atoms with E-state index in [1.54, 1.807) is 20.8 Å². The molecule has 1 atom stereocenters. The summed E-state index contributed by atoms with van der Waals surface area (Å²) in [5.41, 5.74) is 2.05. The minimum atomic E-state index is -0.656. The van der Waals surface area contributed by atoms with Crippen LogP contribution in [0.25, 0.3) is 0 Å². The Morgan fingerprint density at radius 3 is 2.53 bits per heavy atom. The van der Waals surface area contributed by atoms with Gasteiger partial charge < -0.3 is 4.74 Å². The highest BCUT2D eigenvalue weighted by molar-refractivity contribution is 5.87. The molecule has 0 aliphatic carbocycles. The van der Waals surface area contributed by atoms with Crippen LogP contribution >= 0.6 is 0 Å². The Labute approximate surface area is 88.4 Å². The molecule has 1 unspecified atom stereocenters. The number of esters is 1. The van der Waals surface area contributed by atoms with Gasteiger partial charge >= 0.3 is 5.97 Å². The maximum Gasteiger partial charge on any atom is 0.326 e. The van der Waals surface area contributed by atoms with Crippen molar-refractivity contribution in [2.75, 3.05) is 7.11 Å². The number of carbonyl (C=O) groups excluding carboxylic acids is 2. The van der Waals surface area contributed by atoms with Crippen molar-refractivity contribution < 1.29 is 19.2 Å². The van der Waals surface area contributed by atoms with E-state index >= 15 is 0 Å². The zero-order valence-electron chi connectivity index (χ0n) is 9.36. The topological polar surface area (TPSA) is 67.9 Å². The Balaban J connectivity index is 2.53. The van der Waals surface area contributed by atoms with Gasteiger partial charge in [-0.25, -0.2) is 0 Å². The molecule has 0 aromatic rings. The first kappa shape index (κ1) is 11.9. The third kappa shape index (κ3) is 3.17. The highest BCUT2D eigenvalue weighted by Gasteiger charge is 2.36. The molecule has 0 bridgehead atoms. The highest BCUT2D eigenvalue weighted by atomic mass is 16.7. The Morgan fingerprint density at radius 2 is 2.13 bits per heavy atom. The second-order valence-corrected chi connectivity index (χ2v) is 4.29. The maximum atomic E-state index is 11.5. The number of rotatable bonds is 2. The van der Waals surface area contributed by atoms with Gasteiger partial charge in [-0.1, -0.05) is 0 Å². The van der Waals surface area contributed by atoms with Crippen LogP contribution in [0.2, 0.25) is 0 Å². The predicted octanol–water partition coefficient (Wildman–Crippen LogP) is -0.00500. The molecule has 86 valence electrons. The molecule has 1 N–H and O–H groups in total. The van der Waals surface area contributed by atoms with Crippen molar-refractivity contribution in [1.29, 1.82) is 0 Å². The Bertz CT molecular complexity index is 272. The lowest BCUT2D eigenvalue weighted by molar-refractivity contribution is -0.185. The summed E-state index contributed by atoms with van der Waals surface area (Å²) in [6.45, 7) is 5.32. The molecule has 0 aromatic carbocycles. The fourth-order valence-corrected chi connectivity index (χ4v) is 1.18. The summed E-state index contributed by atoms with van der Waals surface area (Å²) in [6, 6.07) is -0.656. The molecule has 1 heterocycles. The lowest BCUT2D eigenvalue weighted by Crippen LogP contribution is -2.42. The monoisotopic (exact) mass is 216 g/mol. The van der Waals surface area contributed by atoms with Crippen LogP contribution in [0, 0.1) is 0 Å². The fraction of sp³-hybridized carbons (Fsp3) is 0.778. The van der Waals surface area contributed by atoms with Gasteiger partial charge in [0.1, 0.15) is 11.6 Å². The number of hydrazine groups is 1. The number of ether oxygens (including phenoxy) is 1. The van der Waals surface area contributed by atoms with Crippen LogP contribution in [-0.4, -0.2) is 35.8 Å². The van der Waals surface area contributed by atoms with Gasteiger partial charge in [0.15, 0.2) is 0 Å². The first-order valence-electron chi connectivity index (χ1n) is 4.69. The van der Waals surface area contributed by atoms with Gasteiger partial charge in [-0.15, -0.1) is 5.17 Å². The Kier molecular flexibility index (Phi) is 3.31. The van der Waals surface area contributed by atoms with Gasteiger partial charge in [0.2, 0.25) is 0 Å². The number of hydrogen-bond donors (Lipinski definition) is 1. The number of nitrogens with zero attached hydrogens (tertiary/aromatic N) is 1. The van der Waals surface area contributed by atoms with E-state index in [2.05, 4.69) is 5.43 Å². The summed E-state index contributed by atoms with van der Waals surface area (Å²) in [5.74, 6) is -0.733. The van der Waals surface area contributed by atoms with E-state index in [0.717, 1.165) is 5.17 Å². The van der Waals surface area contributed by atoms with Crippen molar-refractivity contribution in [2.24, 2.45) is 0 Å². The van der Waals surface area contributed by atoms with E-state index in [1.165, 1.54) is 7.11 Å². The minimum absolute atomic E-state index is 0.0583. The van der Waals surface area contributed by atoms with Crippen LogP contribution in [0.3, 0.4) is 0 Å². The zero-order valence-corrected chi connectivity index (χ0v) is 9.36. The molecule has 0 aromatic heterocycles. The SMILES string of the molecule is CON1NC(C(=O)OC(C)(C)C)CC1=O. The van der Waals surface area contributed by atoms with Crippen molar-refractivity contribution in [2.45, 2.75) is 38.8 Å². The van der Waals surface area contributed by atoms with Crippen molar-refractivity contribution in [3.63, 3.8) is 0 Å². The minimum Gasteiger partial charge on any atom is -0.459 e. The molecule has 0 spiro atoms. The van der Waals surface area contributed by atoms with Crippen LogP contribution in [0.15, 0.2) is 0 Å². The molecule has 0 radical (unpaired) electrons. The molecule has 15 heavy (non-hydrogen) atoms. The molecule has 6 nitrogen and oxygen atoms in total. The third-order valence-electron chi connectivity index (χ3n) is 1.75. The Hall–Kier alpha value is -1.14. The zero-order chi connectivity index (χ0) is 11.6. The number of amides is 1. The Morgan fingerprint density at radius 1 is 1.53 bits per heavy atom. The molecule has 1 saturated heterocycles. The van der Waals surface area contributed by atoms with Gasteiger partial charge in [-0.2, -0.15) is 5.43 Å². The van der Waals surface area contributed by atoms with Crippen LogP contribution in [0.1, 0.15) is 27.2 Å². The molecule has 6 heteroatoms. The quantitative estimate of drug-likeness (QED) is 0.658. The van der Waals surface area contributed by atoms with Crippen molar-refractivity contribution >= 4 is 11.9 Å². The average molecular weight is 216 g/mol. The summed E-state index contributed by atoms with van der Waals surface area (Å²) in [4.78, 5) is 27.5. The number of hydrogen-bond acceptors (Lipinski definition) is 5. The summed E-state index contributed by atoms with van der Waals surface area (Å²) in [6.07, 6.45) is 0.0583. The maximum absolute atomic E-state index is 11.5. The molecule has 1 fully saturated rings. The van der Waals surface area contributed by atoms with Crippen LogP contribution < -0.4 is 5.43 Å². The van der Waals surface area contributed by atoms with E-state index < -0.39 is 17.6 Å². The van der Waals surface area contributed by atoms with E-state index in [4.69, 9.17) is 9.57 Å². The number of nitrogens with one attached hydrogen (secondary N) is 1. The van der Waals surface area contributed by atoms with Gasteiger partial charge in [-0.3, -0.25) is 14.4 Å². The van der Waals surface area contributed by atoms with Crippen molar-refractivity contribution in [1.82, 2.24) is 10.6 Å². The second kappa shape index (κ2) is 4.16. The standard InChI is InChI=1S/C9H16N2O4/c1-9(2,3)15-8(13)6-5-7(12)11(10-6)14-4/h6,10H,5H2,1-4H3. The van der Waals surface area contributed by atoms with E-state index in [-0.39, 0.29) is 12.3 Å². The normalized spacial score (nSPS) is 22.0. The van der Waals surface area contributed by atoms with E-state index in [9.17, 15) is 9.59 Å². The fourth-order valence-electron chi connectivity index (χ4n) is 1.18.